The maximum atomic E-state index is 12.4. The summed E-state index contributed by atoms with van der Waals surface area (Å²) in [7, 11) is 1.78. The molecule has 0 aliphatic carbocycles. The van der Waals surface area contributed by atoms with Gasteiger partial charge in [-0.15, -0.1) is 0 Å². The summed E-state index contributed by atoms with van der Waals surface area (Å²) in [6.07, 6.45) is 3.60. The molecule has 1 fully saturated rings. The van der Waals surface area contributed by atoms with E-state index in [-0.39, 0.29) is 18.2 Å². The van der Waals surface area contributed by atoms with Gasteiger partial charge in [-0.25, -0.2) is 0 Å². The maximum Gasteiger partial charge on any atom is 0.303 e. The molecule has 6 heteroatoms. The van der Waals surface area contributed by atoms with Crippen molar-refractivity contribution >= 4 is 11.9 Å². The second kappa shape index (κ2) is 5.42. The lowest BCUT2D eigenvalue weighted by molar-refractivity contribution is -0.138. The normalized spacial score (nSPS) is 19.5. The first-order valence-electron chi connectivity index (χ1n) is 6.48. The van der Waals surface area contributed by atoms with Gasteiger partial charge in [0.05, 0.1) is 11.3 Å². The average Bonchev–Trinajstić information content (AvgIpc) is 2.67. The van der Waals surface area contributed by atoms with E-state index in [1.165, 1.54) is 0 Å². The second-order valence-corrected chi connectivity index (χ2v) is 5.16. The number of aryl methyl sites for hydroxylation is 2. The molecule has 0 spiro atoms. The van der Waals surface area contributed by atoms with Crippen LogP contribution in [0, 0.1) is 12.8 Å². The predicted octanol–water partition coefficient (Wildman–Crippen LogP) is 1.06. The summed E-state index contributed by atoms with van der Waals surface area (Å²) in [4.78, 5) is 24.9. The topological polar surface area (TPSA) is 75.4 Å². The number of amides is 1. The molecule has 1 amide bonds. The number of carbonyl (C=O) groups is 2. The van der Waals surface area contributed by atoms with Crippen LogP contribution in [-0.2, 0) is 11.8 Å². The maximum absolute atomic E-state index is 12.4. The van der Waals surface area contributed by atoms with E-state index in [0.29, 0.717) is 24.3 Å². The highest BCUT2D eigenvalue weighted by atomic mass is 16.4. The first-order valence-corrected chi connectivity index (χ1v) is 6.48. The molecule has 0 aromatic carbocycles. The van der Waals surface area contributed by atoms with E-state index in [0.717, 1.165) is 12.8 Å². The minimum absolute atomic E-state index is 0.0410. The SMILES string of the molecule is Cc1nn(C)cc1C(=O)N1CCCC(CC(=O)O)C1. The number of carboxylic acids is 1. The molecule has 1 N–H and O–H groups in total. The van der Waals surface area contributed by atoms with Crippen LogP contribution >= 0.6 is 0 Å². The first-order chi connectivity index (χ1) is 8.97. The Balaban J connectivity index is 2.07. The molecular weight excluding hydrogens is 246 g/mol. The van der Waals surface area contributed by atoms with Crippen LogP contribution in [0.4, 0.5) is 0 Å². The molecule has 104 valence electrons. The van der Waals surface area contributed by atoms with Crippen LogP contribution in [0.25, 0.3) is 0 Å². The molecule has 0 bridgehead atoms. The smallest absolute Gasteiger partial charge is 0.303 e. The number of rotatable bonds is 3. The van der Waals surface area contributed by atoms with Gasteiger partial charge in [-0.05, 0) is 25.7 Å². The Labute approximate surface area is 112 Å². The number of aliphatic carboxylic acids is 1. The third-order valence-corrected chi connectivity index (χ3v) is 3.51. The highest BCUT2D eigenvalue weighted by Gasteiger charge is 2.27. The highest BCUT2D eigenvalue weighted by molar-refractivity contribution is 5.95. The predicted molar refractivity (Wildman–Crippen MR) is 68.8 cm³/mol. The van der Waals surface area contributed by atoms with Gasteiger partial charge >= 0.3 is 5.97 Å². The summed E-state index contributed by atoms with van der Waals surface area (Å²) < 4.78 is 1.63. The molecule has 1 aromatic rings. The fourth-order valence-electron chi connectivity index (χ4n) is 2.64. The lowest BCUT2D eigenvalue weighted by Gasteiger charge is -2.32. The van der Waals surface area contributed by atoms with Crippen molar-refractivity contribution in [1.82, 2.24) is 14.7 Å². The molecule has 2 rings (SSSR count). The van der Waals surface area contributed by atoms with Crippen molar-refractivity contribution in [3.8, 4) is 0 Å². The van der Waals surface area contributed by atoms with Crippen molar-refractivity contribution < 1.29 is 14.7 Å². The third-order valence-electron chi connectivity index (χ3n) is 3.51. The van der Waals surface area contributed by atoms with E-state index in [4.69, 9.17) is 5.11 Å². The number of piperidine rings is 1. The van der Waals surface area contributed by atoms with Crippen molar-refractivity contribution in [2.45, 2.75) is 26.2 Å². The zero-order valence-electron chi connectivity index (χ0n) is 11.3. The van der Waals surface area contributed by atoms with Gasteiger partial charge in [0.2, 0.25) is 0 Å². The molecular formula is C13H19N3O3. The van der Waals surface area contributed by atoms with Crippen molar-refractivity contribution in [2.24, 2.45) is 13.0 Å². The zero-order chi connectivity index (χ0) is 14.0. The number of carbonyl (C=O) groups excluding carboxylic acids is 1. The van der Waals surface area contributed by atoms with Gasteiger partial charge in [0.1, 0.15) is 0 Å². The molecule has 0 saturated carbocycles. The number of carboxylic acid groups (broad SMARTS) is 1. The zero-order valence-corrected chi connectivity index (χ0v) is 11.3. The summed E-state index contributed by atoms with van der Waals surface area (Å²) in [6.45, 7) is 3.04. The minimum Gasteiger partial charge on any atom is -0.481 e. The summed E-state index contributed by atoms with van der Waals surface area (Å²) in [5, 5.41) is 13.0. The van der Waals surface area contributed by atoms with Crippen LogP contribution in [-0.4, -0.2) is 44.8 Å². The molecule has 1 saturated heterocycles. The third kappa shape index (κ3) is 3.13. The van der Waals surface area contributed by atoms with Crippen molar-refractivity contribution in [2.75, 3.05) is 13.1 Å². The van der Waals surface area contributed by atoms with E-state index < -0.39 is 5.97 Å². The van der Waals surface area contributed by atoms with E-state index in [2.05, 4.69) is 5.10 Å². The van der Waals surface area contributed by atoms with Gasteiger partial charge in [-0.1, -0.05) is 0 Å². The Hall–Kier alpha value is -1.85. The number of hydrogen-bond donors (Lipinski definition) is 1. The Morgan fingerprint density at radius 2 is 2.26 bits per heavy atom. The van der Waals surface area contributed by atoms with Crippen LogP contribution in [0.1, 0.15) is 35.3 Å². The van der Waals surface area contributed by atoms with Crippen molar-refractivity contribution in [3.05, 3.63) is 17.5 Å². The van der Waals surface area contributed by atoms with Gasteiger partial charge in [0.15, 0.2) is 0 Å². The highest BCUT2D eigenvalue weighted by Crippen LogP contribution is 2.21. The van der Waals surface area contributed by atoms with Crippen LogP contribution in [0.15, 0.2) is 6.20 Å². The molecule has 19 heavy (non-hydrogen) atoms. The van der Waals surface area contributed by atoms with Crippen LogP contribution in [0.3, 0.4) is 0 Å². The Morgan fingerprint density at radius 3 is 2.84 bits per heavy atom. The fourth-order valence-corrected chi connectivity index (χ4v) is 2.64. The Kier molecular flexibility index (Phi) is 3.87. The molecule has 1 atom stereocenters. The average molecular weight is 265 g/mol. The monoisotopic (exact) mass is 265 g/mol. The number of nitrogens with zero attached hydrogens (tertiary/aromatic N) is 3. The Morgan fingerprint density at radius 1 is 1.53 bits per heavy atom. The summed E-state index contributed by atoms with van der Waals surface area (Å²) in [5.74, 6) is -0.773. The molecule has 1 aromatic heterocycles. The van der Waals surface area contributed by atoms with Crippen molar-refractivity contribution in [1.29, 1.82) is 0 Å². The number of hydrogen-bond acceptors (Lipinski definition) is 3. The standard InChI is InChI=1S/C13H19N3O3/c1-9-11(8-15(2)14-9)13(19)16-5-3-4-10(7-16)6-12(17)18/h8,10H,3-7H2,1-2H3,(H,17,18). The van der Waals surface area contributed by atoms with E-state index in [1.54, 1.807) is 22.8 Å². The van der Waals surface area contributed by atoms with E-state index in [1.807, 2.05) is 6.92 Å². The van der Waals surface area contributed by atoms with Gasteiger partial charge in [0, 0.05) is 32.8 Å². The lowest BCUT2D eigenvalue weighted by atomic mass is 9.94. The van der Waals surface area contributed by atoms with E-state index in [9.17, 15) is 9.59 Å². The van der Waals surface area contributed by atoms with Gasteiger partial charge in [-0.3, -0.25) is 14.3 Å². The number of aromatic nitrogens is 2. The first kappa shape index (κ1) is 13.6. The van der Waals surface area contributed by atoms with Gasteiger partial charge in [-0.2, -0.15) is 5.10 Å². The summed E-state index contributed by atoms with van der Waals surface area (Å²) in [5.41, 5.74) is 1.33. The molecule has 6 nitrogen and oxygen atoms in total. The van der Waals surface area contributed by atoms with Gasteiger partial charge in [0.25, 0.3) is 5.91 Å². The summed E-state index contributed by atoms with van der Waals surface area (Å²) in [6, 6.07) is 0. The molecule has 2 heterocycles. The van der Waals surface area contributed by atoms with Crippen LogP contribution in [0.2, 0.25) is 0 Å². The quantitative estimate of drug-likeness (QED) is 0.886. The largest absolute Gasteiger partial charge is 0.481 e. The molecule has 1 aliphatic rings. The Bertz CT molecular complexity index is 495. The molecule has 1 unspecified atom stereocenters. The van der Waals surface area contributed by atoms with E-state index >= 15 is 0 Å². The van der Waals surface area contributed by atoms with Gasteiger partial charge < -0.3 is 10.0 Å². The van der Waals surface area contributed by atoms with Crippen molar-refractivity contribution in [3.63, 3.8) is 0 Å². The summed E-state index contributed by atoms with van der Waals surface area (Å²) >= 11 is 0. The fraction of sp³-hybridized carbons (Fsp3) is 0.615. The lowest BCUT2D eigenvalue weighted by Crippen LogP contribution is -2.40. The number of likely N-dealkylation sites (tertiary alicyclic amines) is 1. The molecule has 1 aliphatic heterocycles. The van der Waals surface area contributed by atoms with Crippen LogP contribution in [0.5, 0.6) is 0 Å². The minimum atomic E-state index is -0.795. The van der Waals surface area contributed by atoms with Crippen LogP contribution < -0.4 is 0 Å². The second-order valence-electron chi connectivity index (χ2n) is 5.16. The molecule has 0 radical (unpaired) electrons.